The second-order valence-corrected chi connectivity index (χ2v) is 6.15. The Bertz CT molecular complexity index is 274. The summed E-state index contributed by atoms with van der Waals surface area (Å²) in [6.07, 6.45) is -0.193. The SMILES string of the molecule is C[C@@H]1[C@H]2CN(C(=O)OC(C)(C)C)C[C@@H]1[C@H]2N. The molecule has 0 aromatic rings. The van der Waals surface area contributed by atoms with E-state index in [0.29, 0.717) is 17.8 Å². The molecule has 3 fully saturated rings. The average Bonchev–Trinajstić information content (AvgIpc) is 2.16. The van der Waals surface area contributed by atoms with E-state index in [-0.39, 0.29) is 12.1 Å². The predicted octanol–water partition coefficient (Wildman–Crippen LogP) is 1.45. The van der Waals surface area contributed by atoms with E-state index in [0.717, 1.165) is 13.1 Å². The van der Waals surface area contributed by atoms with Crippen molar-refractivity contribution < 1.29 is 9.53 Å². The standard InChI is InChI=1S/C12H22N2O2/c1-7-8-5-14(6-9(7)10(8)13)11(15)16-12(2,3)4/h7-10H,5-6,13H2,1-4H3/t7-,8-,9+,10+. The van der Waals surface area contributed by atoms with Gasteiger partial charge < -0.3 is 15.4 Å². The van der Waals surface area contributed by atoms with Crippen LogP contribution in [0, 0.1) is 17.8 Å². The summed E-state index contributed by atoms with van der Waals surface area (Å²) in [5.74, 6) is 1.59. The number of fused-ring (bicyclic) bond motifs is 2. The van der Waals surface area contributed by atoms with Gasteiger partial charge in [-0.1, -0.05) is 6.92 Å². The van der Waals surface area contributed by atoms with E-state index in [2.05, 4.69) is 6.92 Å². The first-order valence-electron chi connectivity index (χ1n) is 6.03. The van der Waals surface area contributed by atoms with Gasteiger partial charge >= 0.3 is 6.09 Å². The molecule has 0 spiro atoms. The van der Waals surface area contributed by atoms with E-state index in [4.69, 9.17) is 10.5 Å². The third-order valence-electron chi connectivity index (χ3n) is 3.85. The highest BCUT2D eigenvalue weighted by Crippen LogP contribution is 2.44. The van der Waals surface area contributed by atoms with Crippen molar-refractivity contribution in [1.29, 1.82) is 0 Å². The molecule has 0 aromatic carbocycles. The molecule has 4 nitrogen and oxygen atoms in total. The lowest BCUT2D eigenvalue weighted by atomic mass is 9.59. The van der Waals surface area contributed by atoms with E-state index >= 15 is 0 Å². The minimum atomic E-state index is -0.410. The van der Waals surface area contributed by atoms with Gasteiger partial charge in [-0.15, -0.1) is 0 Å². The molecule has 3 aliphatic rings. The molecule has 16 heavy (non-hydrogen) atoms. The Balaban J connectivity index is 1.92. The number of carbonyl (C=O) groups excluding carboxylic acids is 1. The van der Waals surface area contributed by atoms with Crippen molar-refractivity contribution in [2.24, 2.45) is 23.5 Å². The summed E-state index contributed by atoms with van der Waals surface area (Å²) in [4.78, 5) is 13.7. The highest BCUT2D eigenvalue weighted by Gasteiger charge is 2.52. The second-order valence-electron chi connectivity index (χ2n) is 6.15. The summed E-state index contributed by atoms with van der Waals surface area (Å²) >= 11 is 0. The molecule has 4 heteroatoms. The fraction of sp³-hybridized carbons (Fsp3) is 0.917. The van der Waals surface area contributed by atoms with Crippen molar-refractivity contribution in [2.75, 3.05) is 13.1 Å². The van der Waals surface area contributed by atoms with Gasteiger partial charge in [-0.3, -0.25) is 0 Å². The smallest absolute Gasteiger partial charge is 0.410 e. The predicted molar refractivity (Wildman–Crippen MR) is 61.9 cm³/mol. The molecule has 92 valence electrons. The second kappa shape index (κ2) is 3.62. The summed E-state index contributed by atoms with van der Waals surface area (Å²) in [5, 5.41) is 0. The Morgan fingerprint density at radius 3 is 2.19 bits per heavy atom. The van der Waals surface area contributed by atoms with Gasteiger partial charge in [0.2, 0.25) is 0 Å². The Morgan fingerprint density at radius 2 is 1.81 bits per heavy atom. The summed E-state index contributed by atoms with van der Waals surface area (Å²) in [7, 11) is 0. The molecular weight excluding hydrogens is 204 g/mol. The lowest BCUT2D eigenvalue weighted by molar-refractivity contribution is -0.0635. The number of carbonyl (C=O) groups is 1. The van der Waals surface area contributed by atoms with Crippen LogP contribution in [0.4, 0.5) is 4.79 Å². The molecule has 2 saturated heterocycles. The van der Waals surface area contributed by atoms with Crippen LogP contribution < -0.4 is 5.73 Å². The van der Waals surface area contributed by atoms with Crippen molar-refractivity contribution in [3.8, 4) is 0 Å². The zero-order chi connectivity index (χ0) is 12.1. The lowest BCUT2D eigenvalue weighted by Crippen LogP contribution is -2.67. The summed E-state index contributed by atoms with van der Waals surface area (Å²) in [6, 6.07) is 0.286. The first kappa shape index (κ1) is 11.7. The Hall–Kier alpha value is -0.770. The van der Waals surface area contributed by atoms with Crippen LogP contribution in [0.25, 0.3) is 0 Å². The fourth-order valence-electron chi connectivity index (χ4n) is 2.83. The van der Waals surface area contributed by atoms with E-state index < -0.39 is 5.60 Å². The summed E-state index contributed by atoms with van der Waals surface area (Å²) in [5.41, 5.74) is 5.62. The number of amides is 1. The molecule has 2 bridgehead atoms. The molecule has 3 rings (SSSR count). The van der Waals surface area contributed by atoms with Crippen molar-refractivity contribution in [2.45, 2.75) is 39.3 Å². The summed E-state index contributed by atoms with van der Waals surface area (Å²) in [6.45, 7) is 9.42. The monoisotopic (exact) mass is 226 g/mol. The van der Waals surface area contributed by atoms with E-state index in [1.807, 2.05) is 25.7 Å². The number of rotatable bonds is 0. The van der Waals surface area contributed by atoms with Crippen LogP contribution in [0.1, 0.15) is 27.7 Å². The van der Waals surface area contributed by atoms with Crippen LogP contribution in [-0.2, 0) is 4.74 Å². The van der Waals surface area contributed by atoms with E-state index in [9.17, 15) is 4.79 Å². The van der Waals surface area contributed by atoms with Crippen LogP contribution in [0.5, 0.6) is 0 Å². The largest absolute Gasteiger partial charge is 0.444 e. The van der Waals surface area contributed by atoms with Crippen LogP contribution in [0.2, 0.25) is 0 Å². The number of ether oxygens (including phenoxy) is 1. The Labute approximate surface area is 97.1 Å². The van der Waals surface area contributed by atoms with E-state index in [1.54, 1.807) is 0 Å². The summed E-state index contributed by atoms with van der Waals surface area (Å²) < 4.78 is 5.36. The highest BCUT2D eigenvalue weighted by molar-refractivity contribution is 5.68. The van der Waals surface area contributed by atoms with Crippen molar-refractivity contribution >= 4 is 6.09 Å². The minimum Gasteiger partial charge on any atom is -0.444 e. The maximum Gasteiger partial charge on any atom is 0.410 e. The van der Waals surface area contributed by atoms with Gasteiger partial charge in [-0.05, 0) is 38.5 Å². The third kappa shape index (κ3) is 1.90. The number of hydrogen-bond acceptors (Lipinski definition) is 3. The van der Waals surface area contributed by atoms with Crippen molar-refractivity contribution in [3.63, 3.8) is 0 Å². The van der Waals surface area contributed by atoms with Gasteiger partial charge in [0.25, 0.3) is 0 Å². The zero-order valence-electron chi connectivity index (χ0n) is 10.6. The molecule has 1 amide bonds. The topological polar surface area (TPSA) is 55.6 Å². The Kier molecular flexibility index (Phi) is 2.65. The molecular formula is C12H22N2O2. The first-order valence-corrected chi connectivity index (χ1v) is 6.03. The molecule has 2 aliphatic heterocycles. The zero-order valence-corrected chi connectivity index (χ0v) is 10.6. The molecule has 2 N–H and O–H groups in total. The number of nitrogens with two attached hydrogens (primary N) is 1. The first-order chi connectivity index (χ1) is 7.29. The molecule has 0 aromatic heterocycles. The van der Waals surface area contributed by atoms with Gasteiger partial charge in [0.1, 0.15) is 5.60 Å². The van der Waals surface area contributed by atoms with E-state index in [1.165, 1.54) is 0 Å². The van der Waals surface area contributed by atoms with Crippen LogP contribution in [0.15, 0.2) is 0 Å². The minimum absolute atomic E-state index is 0.193. The Morgan fingerprint density at radius 1 is 1.31 bits per heavy atom. The van der Waals surface area contributed by atoms with Gasteiger partial charge in [0.05, 0.1) is 0 Å². The highest BCUT2D eigenvalue weighted by atomic mass is 16.6. The molecule has 2 heterocycles. The van der Waals surface area contributed by atoms with Gasteiger partial charge in [-0.25, -0.2) is 4.79 Å². The maximum atomic E-state index is 11.9. The third-order valence-corrected chi connectivity index (χ3v) is 3.85. The van der Waals surface area contributed by atoms with Gasteiger partial charge in [0.15, 0.2) is 0 Å². The normalized spacial score (nSPS) is 37.9. The van der Waals surface area contributed by atoms with Crippen LogP contribution in [-0.4, -0.2) is 35.7 Å². The molecule has 0 unspecified atom stereocenters. The molecule has 1 aliphatic carbocycles. The van der Waals surface area contributed by atoms with Crippen LogP contribution in [0.3, 0.4) is 0 Å². The van der Waals surface area contributed by atoms with Crippen LogP contribution >= 0.6 is 0 Å². The van der Waals surface area contributed by atoms with Crippen molar-refractivity contribution in [3.05, 3.63) is 0 Å². The molecule has 1 saturated carbocycles. The number of piperidine rings is 2. The quantitative estimate of drug-likeness (QED) is 0.680. The number of hydrogen-bond donors (Lipinski definition) is 1. The molecule has 4 atom stereocenters. The maximum absolute atomic E-state index is 11.9. The fourth-order valence-corrected chi connectivity index (χ4v) is 2.83. The molecule has 0 radical (unpaired) electrons. The lowest BCUT2D eigenvalue weighted by Gasteiger charge is -2.56. The van der Waals surface area contributed by atoms with Gasteiger partial charge in [-0.2, -0.15) is 0 Å². The average molecular weight is 226 g/mol. The van der Waals surface area contributed by atoms with Gasteiger partial charge in [0, 0.05) is 19.1 Å². The number of nitrogens with zero attached hydrogens (tertiary/aromatic N) is 1. The van der Waals surface area contributed by atoms with Crippen molar-refractivity contribution in [1.82, 2.24) is 4.90 Å².